The van der Waals surface area contributed by atoms with Crippen LogP contribution < -0.4 is 5.32 Å². The zero-order chi connectivity index (χ0) is 13.2. The molecule has 1 N–H and O–H groups in total. The number of nitrogens with zero attached hydrogens (tertiary/aromatic N) is 4. The van der Waals surface area contributed by atoms with E-state index in [-0.39, 0.29) is 11.6 Å². The first-order valence-electron chi connectivity index (χ1n) is 6.58. The van der Waals surface area contributed by atoms with Crippen molar-refractivity contribution in [1.29, 1.82) is 0 Å². The van der Waals surface area contributed by atoms with Crippen LogP contribution >= 0.6 is 0 Å². The number of aromatic nitrogens is 4. The van der Waals surface area contributed by atoms with Gasteiger partial charge in [-0.15, -0.1) is 5.10 Å². The van der Waals surface area contributed by atoms with Crippen LogP contribution in [-0.4, -0.2) is 40.5 Å². The smallest absolute Gasteiger partial charge is 0.168 e. The average Bonchev–Trinajstić information content (AvgIpc) is 3.07. The lowest BCUT2D eigenvalue weighted by molar-refractivity contribution is 0.194. The molecule has 18 heavy (non-hydrogen) atoms. The summed E-state index contributed by atoms with van der Waals surface area (Å²) in [6.45, 7) is 8.01. The van der Waals surface area contributed by atoms with E-state index in [1.165, 1.54) is 12.8 Å². The van der Waals surface area contributed by atoms with Crippen LogP contribution in [0, 0.1) is 5.92 Å². The van der Waals surface area contributed by atoms with Crippen LogP contribution in [0.5, 0.6) is 0 Å². The molecule has 0 aliphatic heterocycles. The standard InChI is InChI=1S/C12H23N5O/c1-9(13-7-8-18-4)11-14-15-16-17(11)12(2,3)10-5-6-10/h9-10,13H,5-8H2,1-4H3. The molecule has 6 heteroatoms. The van der Waals surface area contributed by atoms with Crippen molar-refractivity contribution in [3.63, 3.8) is 0 Å². The van der Waals surface area contributed by atoms with E-state index in [0.29, 0.717) is 12.5 Å². The third kappa shape index (κ3) is 2.70. The number of methoxy groups -OCH3 is 1. The Labute approximate surface area is 108 Å². The molecule has 1 saturated carbocycles. The highest BCUT2D eigenvalue weighted by Crippen LogP contribution is 2.44. The lowest BCUT2D eigenvalue weighted by Crippen LogP contribution is -2.35. The fourth-order valence-electron chi connectivity index (χ4n) is 2.31. The minimum absolute atomic E-state index is 0.00995. The summed E-state index contributed by atoms with van der Waals surface area (Å²) in [4.78, 5) is 0. The molecule has 0 saturated heterocycles. The number of nitrogens with one attached hydrogen (secondary N) is 1. The number of rotatable bonds is 7. The molecule has 102 valence electrons. The summed E-state index contributed by atoms with van der Waals surface area (Å²) in [5, 5.41) is 15.6. The molecular formula is C12H23N5O. The third-order valence-electron chi connectivity index (χ3n) is 3.76. The van der Waals surface area contributed by atoms with Crippen molar-refractivity contribution in [2.24, 2.45) is 5.92 Å². The Hall–Kier alpha value is -1.01. The van der Waals surface area contributed by atoms with E-state index in [4.69, 9.17) is 4.74 Å². The number of ether oxygens (including phenoxy) is 1. The summed E-state index contributed by atoms with van der Waals surface area (Å²) in [6, 6.07) is 0.133. The highest BCUT2D eigenvalue weighted by atomic mass is 16.5. The molecule has 1 aromatic heterocycles. The minimum atomic E-state index is 0.00995. The Morgan fingerprint density at radius 3 is 2.83 bits per heavy atom. The first kappa shape index (κ1) is 13.4. The van der Waals surface area contributed by atoms with Gasteiger partial charge in [0.1, 0.15) is 0 Å². The molecule has 1 aliphatic carbocycles. The largest absolute Gasteiger partial charge is 0.383 e. The highest BCUT2D eigenvalue weighted by molar-refractivity contribution is 5.00. The quantitative estimate of drug-likeness (QED) is 0.738. The maximum Gasteiger partial charge on any atom is 0.168 e. The Bertz CT molecular complexity index is 386. The summed E-state index contributed by atoms with van der Waals surface area (Å²) in [5.41, 5.74) is 0.00995. The molecule has 1 heterocycles. The van der Waals surface area contributed by atoms with Gasteiger partial charge in [0.15, 0.2) is 5.82 Å². The Morgan fingerprint density at radius 1 is 1.50 bits per heavy atom. The highest BCUT2D eigenvalue weighted by Gasteiger charge is 2.41. The lowest BCUT2D eigenvalue weighted by atomic mass is 9.98. The summed E-state index contributed by atoms with van der Waals surface area (Å²) in [5.74, 6) is 1.61. The van der Waals surface area contributed by atoms with Crippen LogP contribution in [0.15, 0.2) is 0 Å². The van der Waals surface area contributed by atoms with Crippen LogP contribution in [0.3, 0.4) is 0 Å². The van der Waals surface area contributed by atoms with Gasteiger partial charge in [-0.25, -0.2) is 4.68 Å². The van der Waals surface area contributed by atoms with E-state index in [9.17, 15) is 0 Å². The van der Waals surface area contributed by atoms with Crippen molar-refractivity contribution in [2.75, 3.05) is 20.3 Å². The van der Waals surface area contributed by atoms with E-state index in [2.05, 4.69) is 41.6 Å². The topological polar surface area (TPSA) is 64.9 Å². The molecule has 0 bridgehead atoms. The zero-order valence-corrected chi connectivity index (χ0v) is 11.7. The first-order valence-corrected chi connectivity index (χ1v) is 6.58. The second-order valence-corrected chi connectivity index (χ2v) is 5.55. The van der Waals surface area contributed by atoms with Gasteiger partial charge in [0.05, 0.1) is 18.2 Å². The first-order chi connectivity index (χ1) is 8.57. The average molecular weight is 253 g/mol. The van der Waals surface area contributed by atoms with Crippen molar-refractivity contribution >= 4 is 0 Å². The Balaban J connectivity index is 2.07. The number of hydrogen-bond donors (Lipinski definition) is 1. The normalized spacial score (nSPS) is 18.0. The van der Waals surface area contributed by atoms with E-state index in [1.807, 2.05) is 4.68 Å². The van der Waals surface area contributed by atoms with Crippen LogP contribution in [0.25, 0.3) is 0 Å². The van der Waals surface area contributed by atoms with Crippen LogP contribution in [0.2, 0.25) is 0 Å². The monoisotopic (exact) mass is 253 g/mol. The summed E-state index contributed by atoms with van der Waals surface area (Å²) in [7, 11) is 1.70. The maximum absolute atomic E-state index is 5.03. The van der Waals surface area contributed by atoms with Crippen LogP contribution in [-0.2, 0) is 10.3 Å². The predicted molar refractivity (Wildman–Crippen MR) is 68.2 cm³/mol. The van der Waals surface area contributed by atoms with E-state index in [1.54, 1.807) is 7.11 Å². The molecule has 1 fully saturated rings. The summed E-state index contributed by atoms with van der Waals surface area (Å²) >= 11 is 0. The molecule has 6 nitrogen and oxygen atoms in total. The molecule has 0 spiro atoms. The number of tetrazole rings is 1. The van der Waals surface area contributed by atoms with Crippen molar-refractivity contribution in [3.8, 4) is 0 Å². The Kier molecular flexibility index (Phi) is 3.97. The second-order valence-electron chi connectivity index (χ2n) is 5.55. The van der Waals surface area contributed by atoms with Gasteiger partial charge >= 0.3 is 0 Å². The van der Waals surface area contributed by atoms with Gasteiger partial charge in [-0.3, -0.25) is 0 Å². The molecule has 1 atom stereocenters. The summed E-state index contributed by atoms with van der Waals surface area (Å²) < 4.78 is 7.02. The van der Waals surface area contributed by atoms with Gasteiger partial charge in [-0.05, 0) is 50.0 Å². The molecule has 0 radical (unpaired) electrons. The molecule has 1 aromatic rings. The molecule has 0 amide bonds. The molecule has 1 aliphatic rings. The van der Waals surface area contributed by atoms with Gasteiger partial charge in [-0.1, -0.05) is 0 Å². The molecule has 0 aromatic carbocycles. The van der Waals surface area contributed by atoms with E-state index in [0.717, 1.165) is 12.4 Å². The molecular weight excluding hydrogens is 230 g/mol. The lowest BCUT2D eigenvalue weighted by Gasteiger charge is -2.27. The van der Waals surface area contributed by atoms with Crippen molar-refractivity contribution in [2.45, 2.75) is 45.2 Å². The van der Waals surface area contributed by atoms with Crippen LogP contribution in [0.4, 0.5) is 0 Å². The van der Waals surface area contributed by atoms with Gasteiger partial charge in [0.25, 0.3) is 0 Å². The third-order valence-corrected chi connectivity index (χ3v) is 3.76. The second kappa shape index (κ2) is 5.32. The van der Waals surface area contributed by atoms with Crippen molar-refractivity contribution in [1.82, 2.24) is 25.5 Å². The SMILES string of the molecule is COCCNC(C)c1nnnn1C(C)(C)C1CC1. The molecule has 2 rings (SSSR count). The fraction of sp³-hybridized carbons (Fsp3) is 0.917. The molecule has 1 unspecified atom stereocenters. The van der Waals surface area contributed by atoms with Crippen molar-refractivity contribution < 1.29 is 4.74 Å². The maximum atomic E-state index is 5.03. The van der Waals surface area contributed by atoms with Gasteiger partial charge in [0.2, 0.25) is 0 Å². The zero-order valence-electron chi connectivity index (χ0n) is 11.7. The van der Waals surface area contributed by atoms with Gasteiger partial charge < -0.3 is 10.1 Å². The van der Waals surface area contributed by atoms with Crippen LogP contribution in [0.1, 0.15) is 45.5 Å². The Morgan fingerprint density at radius 2 is 2.22 bits per heavy atom. The summed E-state index contributed by atoms with van der Waals surface area (Å²) in [6.07, 6.45) is 2.55. The van der Waals surface area contributed by atoms with Gasteiger partial charge in [-0.2, -0.15) is 0 Å². The number of hydrogen-bond acceptors (Lipinski definition) is 5. The minimum Gasteiger partial charge on any atom is -0.383 e. The fourth-order valence-corrected chi connectivity index (χ4v) is 2.31. The predicted octanol–water partition coefficient (Wildman–Crippen LogP) is 1.12. The van der Waals surface area contributed by atoms with Crippen molar-refractivity contribution in [3.05, 3.63) is 5.82 Å². The van der Waals surface area contributed by atoms with Gasteiger partial charge in [0, 0.05) is 13.7 Å². The van der Waals surface area contributed by atoms with E-state index >= 15 is 0 Å². The van der Waals surface area contributed by atoms with E-state index < -0.39 is 0 Å².